The van der Waals surface area contributed by atoms with Gasteiger partial charge in [0, 0.05) is 37.6 Å². The Kier molecular flexibility index (Phi) is 5.25. The highest BCUT2D eigenvalue weighted by Crippen LogP contribution is 2.24. The summed E-state index contributed by atoms with van der Waals surface area (Å²) in [5.74, 6) is -0.0286. The van der Waals surface area contributed by atoms with Crippen molar-refractivity contribution in [2.45, 2.75) is 52.5 Å². The van der Waals surface area contributed by atoms with Crippen molar-refractivity contribution in [1.82, 2.24) is 15.1 Å². The van der Waals surface area contributed by atoms with Gasteiger partial charge in [-0.05, 0) is 12.8 Å². The Balaban J connectivity index is 1.71. The van der Waals surface area contributed by atoms with Crippen molar-refractivity contribution < 1.29 is 9.59 Å². The third-order valence-corrected chi connectivity index (χ3v) is 4.59. The molecule has 2 aliphatic rings. The minimum absolute atomic E-state index is 0.0404. The normalized spacial score (nSPS) is 21.6. The Bertz CT molecular complexity index is 375. The van der Waals surface area contributed by atoms with Crippen LogP contribution in [0.15, 0.2) is 0 Å². The van der Waals surface area contributed by atoms with Crippen LogP contribution >= 0.6 is 0 Å². The van der Waals surface area contributed by atoms with Gasteiger partial charge in [-0.25, -0.2) is 0 Å². The van der Waals surface area contributed by atoms with E-state index in [2.05, 4.69) is 10.2 Å². The number of hydrogen-bond acceptors (Lipinski definition) is 3. The fourth-order valence-corrected chi connectivity index (χ4v) is 3.14. The first kappa shape index (κ1) is 16.3. The lowest BCUT2D eigenvalue weighted by atomic mass is 9.96. The van der Waals surface area contributed by atoms with Crippen molar-refractivity contribution >= 4 is 11.8 Å². The van der Waals surface area contributed by atoms with Crippen LogP contribution in [0, 0.1) is 5.41 Å². The molecule has 0 atom stereocenters. The SMILES string of the molecule is CC(C)(C)C(=O)NCC(=O)N1CCN(C2CCCC2)CC1. The number of hydrogen-bond donors (Lipinski definition) is 1. The number of amides is 2. The number of nitrogens with zero attached hydrogens (tertiary/aromatic N) is 2. The summed E-state index contributed by atoms with van der Waals surface area (Å²) in [5, 5.41) is 2.74. The van der Waals surface area contributed by atoms with E-state index in [1.165, 1.54) is 25.7 Å². The summed E-state index contributed by atoms with van der Waals surface area (Å²) in [6.07, 6.45) is 5.33. The maximum absolute atomic E-state index is 12.2. The Morgan fingerprint density at radius 1 is 1.05 bits per heavy atom. The predicted octanol–water partition coefficient (Wildman–Crippen LogP) is 1.24. The van der Waals surface area contributed by atoms with Gasteiger partial charge in [0.15, 0.2) is 0 Å². The van der Waals surface area contributed by atoms with Crippen LogP contribution in [0.4, 0.5) is 0 Å². The van der Waals surface area contributed by atoms with Crippen LogP contribution in [0.2, 0.25) is 0 Å². The fourth-order valence-electron chi connectivity index (χ4n) is 3.14. The molecule has 1 N–H and O–H groups in total. The van der Waals surface area contributed by atoms with Crippen LogP contribution in [-0.4, -0.2) is 60.4 Å². The summed E-state index contributed by atoms with van der Waals surface area (Å²) < 4.78 is 0. The van der Waals surface area contributed by atoms with Crippen LogP contribution < -0.4 is 5.32 Å². The third-order valence-electron chi connectivity index (χ3n) is 4.59. The smallest absolute Gasteiger partial charge is 0.242 e. The molecule has 5 nitrogen and oxygen atoms in total. The first-order chi connectivity index (χ1) is 9.88. The summed E-state index contributed by atoms with van der Waals surface area (Å²) in [4.78, 5) is 28.4. The molecule has 1 saturated heterocycles. The minimum atomic E-state index is -0.443. The number of carbonyl (C=O) groups is 2. The highest BCUT2D eigenvalue weighted by molar-refractivity contribution is 5.87. The highest BCUT2D eigenvalue weighted by atomic mass is 16.2. The van der Waals surface area contributed by atoms with E-state index < -0.39 is 5.41 Å². The van der Waals surface area contributed by atoms with Crippen LogP contribution in [0.1, 0.15) is 46.5 Å². The molecule has 2 amide bonds. The van der Waals surface area contributed by atoms with Gasteiger partial charge in [-0.1, -0.05) is 33.6 Å². The van der Waals surface area contributed by atoms with Gasteiger partial charge >= 0.3 is 0 Å². The first-order valence-corrected chi connectivity index (χ1v) is 8.18. The Morgan fingerprint density at radius 3 is 2.14 bits per heavy atom. The van der Waals surface area contributed by atoms with Gasteiger partial charge in [0.05, 0.1) is 6.54 Å². The lowest BCUT2D eigenvalue weighted by Crippen LogP contribution is -2.53. The van der Waals surface area contributed by atoms with E-state index in [1.807, 2.05) is 25.7 Å². The predicted molar refractivity (Wildman–Crippen MR) is 82.9 cm³/mol. The zero-order valence-electron chi connectivity index (χ0n) is 13.7. The van der Waals surface area contributed by atoms with E-state index in [0.29, 0.717) is 0 Å². The monoisotopic (exact) mass is 295 g/mol. The van der Waals surface area contributed by atoms with Gasteiger partial charge in [0.2, 0.25) is 11.8 Å². The molecule has 0 unspecified atom stereocenters. The van der Waals surface area contributed by atoms with Gasteiger partial charge in [0.25, 0.3) is 0 Å². The average molecular weight is 295 g/mol. The third kappa shape index (κ3) is 4.43. The summed E-state index contributed by atoms with van der Waals surface area (Å²) in [5.41, 5.74) is -0.443. The molecule has 0 radical (unpaired) electrons. The summed E-state index contributed by atoms with van der Waals surface area (Å²) in [7, 11) is 0. The van der Waals surface area contributed by atoms with Crippen molar-refractivity contribution in [3.63, 3.8) is 0 Å². The molecule has 21 heavy (non-hydrogen) atoms. The molecule has 120 valence electrons. The molecule has 0 bridgehead atoms. The highest BCUT2D eigenvalue weighted by Gasteiger charge is 2.28. The molecule has 0 aromatic rings. The van der Waals surface area contributed by atoms with Gasteiger partial charge in [0.1, 0.15) is 0 Å². The summed E-state index contributed by atoms with van der Waals surface area (Å²) in [6, 6.07) is 0.739. The molecule has 0 spiro atoms. The van der Waals surface area contributed by atoms with Gasteiger partial charge in [-0.15, -0.1) is 0 Å². The van der Waals surface area contributed by atoms with Gasteiger partial charge in [-0.2, -0.15) is 0 Å². The molecular weight excluding hydrogens is 266 g/mol. The minimum Gasteiger partial charge on any atom is -0.347 e. The molecule has 1 saturated carbocycles. The largest absolute Gasteiger partial charge is 0.347 e. The molecule has 2 rings (SSSR count). The first-order valence-electron chi connectivity index (χ1n) is 8.18. The Morgan fingerprint density at radius 2 is 1.62 bits per heavy atom. The maximum atomic E-state index is 12.2. The number of carbonyl (C=O) groups excluding carboxylic acids is 2. The second-order valence-corrected chi connectivity index (χ2v) is 7.29. The molecule has 2 fully saturated rings. The fraction of sp³-hybridized carbons (Fsp3) is 0.875. The number of nitrogens with one attached hydrogen (secondary N) is 1. The van der Waals surface area contributed by atoms with Gasteiger partial charge < -0.3 is 10.2 Å². The Labute approximate surface area is 128 Å². The lowest BCUT2D eigenvalue weighted by molar-refractivity contribution is -0.136. The van der Waals surface area contributed by atoms with Gasteiger partial charge in [-0.3, -0.25) is 14.5 Å². The quantitative estimate of drug-likeness (QED) is 0.852. The topological polar surface area (TPSA) is 52.7 Å². The van der Waals surface area contributed by atoms with Crippen LogP contribution in [-0.2, 0) is 9.59 Å². The van der Waals surface area contributed by atoms with E-state index in [-0.39, 0.29) is 18.4 Å². The molecule has 1 aliphatic heterocycles. The zero-order chi connectivity index (χ0) is 15.5. The van der Waals surface area contributed by atoms with Crippen molar-refractivity contribution in [1.29, 1.82) is 0 Å². The molecule has 5 heteroatoms. The summed E-state index contributed by atoms with van der Waals surface area (Å²) >= 11 is 0. The van der Waals surface area contributed by atoms with Crippen molar-refractivity contribution in [3.8, 4) is 0 Å². The second kappa shape index (κ2) is 6.77. The standard InChI is InChI=1S/C16H29N3O2/c1-16(2,3)15(21)17-12-14(20)19-10-8-18(9-11-19)13-6-4-5-7-13/h13H,4-12H2,1-3H3,(H,17,21). The lowest BCUT2D eigenvalue weighted by Gasteiger charge is -2.38. The number of rotatable bonds is 3. The van der Waals surface area contributed by atoms with E-state index in [1.54, 1.807) is 0 Å². The molecule has 1 heterocycles. The molecular formula is C16H29N3O2. The average Bonchev–Trinajstić information content (AvgIpc) is 2.97. The van der Waals surface area contributed by atoms with E-state index in [4.69, 9.17) is 0 Å². The van der Waals surface area contributed by atoms with Crippen LogP contribution in [0.5, 0.6) is 0 Å². The van der Waals surface area contributed by atoms with Crippen LogP contribution in [0.3, 0.4) is 0 Å². The second-order valence-electron chi connectivity index (χ2n) is 7.29. The van der Waals surface area contributed by atoms with E-state index >= 15 is 0 Å². The zero-order valence-corrected chi connectivity index (χ0v) is 13.7. The maximum Gasteiger partial charge on any atom is 0.242 e. The van der Waals surface area contributed by atoms with E-state index in [0.717, 1.165) is 32.2 Å². The summed E-state index contributed by atoms with van der Waals surface area (Å²) in [6.45, 7) is 9.22. The van der Waals surface area contributed by atoms with Crippen molar-refractivity contribution in [2.24, 2.45) is 5.41 Å². The molecule has 1 aliphatic carbocycles. The van der Waals surface area contributed by atoms with Crippen LogP contribution in [0.25, 0.3) is 0 Å². The molecule has 0 aromatic carbocycles. The molecule has 0 aromatic heterocycles. The van der Waals surface area contributed by atoms with Crippen molar-refractivity contribution in [3.05, 3.63) is 0 Å². The number of piperazine rings is 1. The van der Waals surface area contributed by atoms with Crippen molar-refractivity contribution in [2.75, 3.05) is 32.7 Å². The van der Waals surface area contributed by atoms with E-state index in [9.17, 15) is 9.59 Å². The Hall–Kier alpha value is -1.10.